The van der Waals surface area contributed by atoms with Gasteiger partial charge in [0.1, 0.15) is 10.8 Å². The molecule has 0 fully saturated rings. The number of nitro benzene ring substituents is 1. The summed E-state index contributed by atoms with van der Waals surface area (Å²) < 4.78 is 6.56. The van der Waals surface area contributed by atoms with Crippen LogP contribution in [0.3, 0.4) is 0 Å². The first-order valence-electron chi connectivity index (χ1n) is 8.48. The molecular formula is C19H17ClN4O4. The van der Waals surface area contributed by atoms with Crippen molar-refractivity contribution < 1.29 is 9.66 Å². The number of benzene rings is 2. The van der Waals surface area contributed by atoms with E-state index >= 15 is 0 Å². The summed E-state index contributed by atoms with van der Waals surface area (Å²) in [6.45, 7) is 2.92. The Kier molecular flexibility index (Phi) is 5.90. The fraction of sp³-hybridized carbons (Fsp3) is 0.158. The molecule has 144 valence electrons. The molecule has 28 heavy (non-hydrogen) atoms. The minimum absolute atomic E-state index is 0.0192. The highest BCUT2D eigenvalue weighted by Crippen LogP contribution is 2.20. The van der Waals surface area contributed by atoms with Crippen LogP contribution in [-0.2, 0) is 6.54 Å². The Balaban J connectivity index is 1.79. The van der Waals surface area contributed by atoms with E-state index < -0.39 is 10.5 Å². The van der Waals surface area contributed by atoms with Gasteiger partial charge in [-0.15, -0.1) is 0 Å². The van der Waals surface area contributed by atoms with Crippen LogP contribution >= 0.6 is 11.6 Å². The molecule has 0 aliphatic heterocycles. The molecule has 0 saturated heterocycles. The lowest BCUT2D eigenvalue weighted by atomic mass is 10.2. The van der Waals surface area contributed by atoms with E-state index in [0.29, 0.717) is 24.5 Å². The molecule has 0 atom stereocenters. The largest absolute Gasteiger partial charge is 0.494 e. The maximum Gasteiger partial charge on any atom is 0.292 e. The zero-order chi connectivity index (χ0) is 20.1. The van der Waals surface area contributed by atoms with Gasteiger partial charge < -0.3 is 10.1 Å². The number of hydrogen-bond acceptors (Lipinski definition) is 6. The highest BCUT2D eigenvalue weighted by atomic mass is 35.5. The van der Waals surface area contributed by atoms with E-state index in [9.17, 15) is 14.9 Å². The first-order valence-corrected chi connectivity index (χ1v) is 8.85. The van der Waals surface area contributed by atoms with Gasteiger partial charge in [0.2, 0.25) is 0 Å². The predicted molar refractivity (Wildman–Crippen MR) is 106 cm³/mol. The molecule has 1 N–H and O–H groups in total. The van der Waals surface area contributed by atoms with E-state index in [1.165, 1.54) is 30.5 Å². The van der Waals surface area contributed by atoms with E-state index in [1.807, 2.05) is 31.2 Å². The number of nitrogens with zero attached hydrogens (tertiary/aromatic N) is 3. The molecule has 0 aliphatic rings. The zero-order valence-corrected chi connectivity index (χ0v) is 15.7. The first-order chi connectivity index (χ1) is 13.5. The number of aromatic nitrogens is 2. The summed E-state index contributed by atoms with van der Waals surface area (Å²) in [7, 11) is 0. The minimum Gasteiger partial charge on any atom is -0.494 e. The molecule has 0 unspecified atom stereocenters. The summed E-state index contributed by atoms with van der Waals surface area (Å²) in [4.78, 5) is 22.8. The van der Waals surface area contributed by atoms with Gasteiger partial charge in [0.25, 0.3) is 11.2 Å². The van der Waals surface area contributed by atoms with Crippen molar-refractivity contribution in [1.29, 1.82) is 0 Å². The van der Waals surface area contributed by atoms with Crippen molar-refractivity contribution >= 4 is 23.0 Å². The Hall–Kier alpha value is -3.39. The number of nitro groups is 1. The fourth-order valence-electron chi connectivity index (χ4n) is 2.56. The van der Waals surface area contributed by atoms with E-state index in [1.54, 1.807) is 0 Å². The van der Waals surface area contributed by atoms with Crippen molar-refractivity contribution in [2.24, 2.45) is 0 Å². The Labute approximate surface area is 165 Å². The SMILES string of the molecule is CCOc1cccc(CNc2cnn(-c3ccc([N+](=O)[O-])cc3)c(=O)c2Cl)c1. The van der Waals surface area contributed by atoms with Crippen LogP contribution in [0, 0.1) is 10.1 Å². The number of hydrogen-bond donors (Lipinski definition) is 1. The molecule has 3 rings (SSSR count). The van der Waals surface area contributed by atoms with Gasteiger partial charge in [-0.05, 0) is 36.8 Å². The van der Waals surface area contributed by atoms with Crippen molar-refractivity contribution in [3.8, 4) is 11.4 Å². The Bertz CT molecular complexity index is 1050. The topological polar surface area (TPSA) is 99.3 Å². The monoisotopic (exact) mass is 400 g/mol. The van der Waals surface area contributed by atoms with Gasteiger partial charge in [-0.25, -0.2) is 0 Å². The van der Waals surface area contributed by atoms with Crippen molar-refractivity contribution in [2.45, 2.75) is 13.5 Å². The molecule has 2 aromatic carbocycles. The van der Waals surface area contributed by atoms with Crippen LogP contribution in [0.15, 0.2) is 59.5 Å². The number of non-ortho nitro benzene ring substituents is 1. The van der Waals surface area contributed by atoms with Crippen LogP contribution in [0.25, 0.3) is 5.69 Å². The highest BCUT2D eigenvalue weighted by Gasteiger charge is 2.12. The van der Waals surface area contributed by atoms with Gasteiger partial charge in [0, 0.05) is 18.7 Å². The summed E-state index contributed by atoms with van der Waals surface area (Å²) in [5, 5.41) is 17.9. The van der Waals surface area contributed by atoms with Gasteiger partial charge in [0.05, 0.1) is 29.1 Å². The third-order valence-electron chi connectivity index (χ3n) is 3.92. The summed E-state index contributed by atoms with van der Waals surface area (Å²) >= 11 is 6.21. The van der Waals surface area contributed by atoms with Crippen LogP contribution in [0.4, 0.5) is 11.4 Å². The number of halogens is 1. The molecule has 8 nitrogen and oxygen atoms in total. The van der Waals surface area contributed by atoms with E-state index in [-0.39, 0.29) is 10.7 Å². The summed E-state index contributed by atoms with van der Waals surface area (Å²) in [6.07, 6.45) is 1.44. The normalized spacial score (nSPS) is 10.5. The molecule has 0 radical (unpaired) electrons. The highest BCUT2D eigenvalue weighted by molar-refractivity contribution is 6.32. The third kappa shape index (κ3) is 4.29. The summed E-state index contributed by atoms with van der Waals surface area (Å²) in [5.74, 6) is 0.764. The molecule has 0 spiro atoms. The maximum atomic E-state index is 12.5. The standard InChI is InChI=1S/C19H17ClN4O4/c1-2-28-16-5-3-4-13(10-16)11-21-17-12-22-23(19(25)18(17)20)14-6-8-15(9-7-14)24(26)27/h3-10,12,21H,2,11H2,1H3. The minimum atomic E-state index is -0.524. The molecule has 0 amide bonds. The van der Waals surface area contributed by atoms with Crippen molar-refractivity contribution in [3.63, 3.8) is 0 Å². The average molecular weight is 401 g/mol. The Morgan fingerprint density at radius 3 is 2.68 bits per heavy atom. The maximum absolute atomic E-state index is 12.5. The average Bonchev–Trinajstić information content (AvgIpc) is 2.70. The zero-order valence-electron chi connectivity index (χ0n) is 15.0. The molecule has 0 bridgehead atoms. The molecular weight excluding hydrogens is 384 g/mol. The van der Waals surface area contributed by atoms with E-state index in [2.05, 4.69) is 10.4 Å². The second-order valence-electron chi connectivity index (χ2n) is 5.80. The van der Waals surface area contributed by atoms with Crippen LogP contribution in [0.1, 0.15) is 12.5 Å². The third-order valence-corrected chi connectivity index (χ3v) is 4.28. The van der Waals surface area contributed by atoms with Crippen LogP contribution in [-0.4, -0.2) is 21.3 Å². The van der Waals surface area contributed by atoms with Gasteiger partial charge in [-0.2, -0.15) is 9.78 Å². The lowest BCUT2D eigenvalue weighted by Gasteiger charge is -2.11. The van der Waals surface area contributed by atoms with Crippen molar-refractivity contribution in [3.05, 3.63) is 85.8 Å². The van der Waals surface area contributed by atoms with E-state index in [0.717, 1.165) is 16.0 Å². The van der Waals surface area contributed by atoms with Gasteiger partial charge >= 0.3 is 0 Å². The number of anilines is 1. The fourth-order valence-corrected chi connectivity index (χ4v) is 2.76. The lowest BCUT2D eigenvalue weighted by Crippen LogP contribution is -2.22. The lowest BCUT2D eigenvalue weighted by molar-refractivity contribution is -0.384. The Morgan fingerprint density at radius 1 is 1.25 bits per heavy atom. The van der Waals surface area contributed by atoms with Crippen molar-refractivity contribution in [1.82, 2.24) is 9.78 Å². The van der Waals surface area contributed by atoms with Crippen LogP contribution in [0.5, 0.6) is 5.75 Å². The van der Waals surface area contributed by atoms with Crippen LogP contribution < -0.4 is 15.6 Å². The van der Waals surface area contributed by atoms with Gasteiger partial charge in [0.15, 0.2) is 0 Å². The summed E-state index contributed by atoms with van der Waals surface area (Å²) in [6, 6.07) is 13.1. The second-order valence-corrected chi connectivity index (χ2v) is 6.17. The molecule has 9 heteroatoms. The number of rotatable bonds is 7. The molecule has 3 aromatic rings. The molecule has 0 aliphatic carbocycles. The first kappa shape index (κ1) is 19.4. The summed E-state index contributed by atoms with van der Waals surface area (Å²) in [5.41, 5.74) is 1.14. The number of ether oxygens (including phenoxy) is 1. The number of nitrogens with one attached hydrogen (secondary N) is 1. The van der Waals surface area contributed by atoms with Crippen LogP contribution in [0.2, 0.25) is 5.02 Å². The van der Waals surface area contributed by atoms with E-state index in [4.69, 9.17) is 16.3 Å². The molecule has 0 saturated carbocycles. The van der Waals surface area contributed by atoms with Crippen molar-refractivity contribution in [2.75, 3.05) is 11.9 Å². The molecule has 1 heterocycles. The van der Waals surface area contributed by atoms with Gasteiger partial charge in [-0.3, -0.25) is 14.9 Å². The predicted octanol–water partition coefficient (Wildman–Crippen LogP) is 3.80. The Morgan fingerprint density at radius 2 is 2.00 bits per heavy atom. The quantitative estimate of drug-likeness (QED) is 0.478. The van der Waals surface area contributed by atoms with Gasteiger partial charge in [-0.1, -0.05) is 23.7 Å². The second kappa shape index (κ2) is 8.53. The smallest absolute Gasteiger partial charge is 0.292 e. The molecule has 1 aromatic heterocycles.